The molecule has 3 aromatic heterocycles. The fraction of sp³-hybridized carbons (Fsp3) is 0.333. The van der Waals surface area contributed by atoms with Gasteiger partial charge in [-0.05, 0) is 29.6 Å². The van der Waals surface area contributed by atoms with Crippen molar-refractivity contribution in [2.45, 2.75) is 19.6 Å². The van der Waals surface area contributed by atoms with E-state index in [1.165, 1.54) is 10.6 Å². The van der Waals surface area contributed by atoms with Crippen molar-refractivity contribution in [3.63, 3.8) is 0 Å². The summed E-state index contributed by atoms with van der Waals surface area (Å²) in [7, 11) is 0. The molecule has 0 aliphatic carbocycles. The maximum atomic E-state index is 5.95. The summed E-state index contributed by atoms with van der Waals surface area (Å²) in [5.74, 6) is 1.22. The highest BCUT2D eigenvalue weighted by molar-refractivity contribution is 7.09. The molecule has 3 aromatic rings. The Bertz CT molecular complexity index is 756. The van der Waals surface area contributed by atoms with Crippen LogP contribution in [-0.2, 0) is 19.6 Å². The van der Waals surface area contributed by atoms with E-state index in [0.29, 0.717) is 12.5 Å². The summed E-state index contributed by atoms with van der Waals surface area (Å²) >= 11 is 1.81. The van der Waals surface area contributed by atoms with Gasteiger partial charge in [0.1, 0.15) is 5.75 Å². The Kier molecular flexibility index (Phi) is 4.57. The number of aromatic nitrogens is 3. The van der Waals surface area contributed by atoms with E-state index in [0.717, 1.165) is 31.9 Å². The van der Waals surface area contributed by atoms with Gasteiger partial charge in [-0.1, -0.05) is 6.07 Å². The van der Waals surface area contributed by atoms with E-state index in [-0.39, 0.29) is 0 Å². The number of ether oxygens (including phenoxy) is 1. The van der Waals surface area contributed by atoms with Crippen LogP contribution in [0.4, 0.5) is 0 Å². The van der Waals surface area contributed by atoms with Crippen molar-refractivity contribution in [3.05, 3.63) is 64.9 Å². The first-order chi connectivity index (χ1) is 11.9. The topological polar surface area (TPSA) is 43.2 Å². The average molecular weight is 340 g/mol. The largest absolute Gasteiger partial charge is 0.492 e. The van der Waals surface area contributed by atoms with Crippen LogP contribution in [0, 0.1) is 5.92 Å². The van der Waals surface area contributed by atoms with E-state index >= 15 is 0 Å². The fourth-order valence-electron chi connectivity index (χ4n) is 3.12. The standard InChI is InChI=1S/C18H20N4OS/c1-3-17(9-19-6-1)23-14-15-10-21(13-18-4-2-8-24-18)12-16-5-7-20-22(16)11-15/h1-9,15H,10-14H2. The predicted molar refractivity (Wildman–Crippen MR) is 93.9 cm³/mol. The van der Waals surface area contributed by atoms with Gasteiger partial charge in [0.2, 0.25) is 0 Å². The van der Waals surface area contributed by atoms with E-state index in [4.69, 9.17) is 4.74 Å². The molecule has 5 nitrogen and oxygen atoms in total. The van der Waals surface area contributed by atoms with Crippen LogP contribution < -0.4 is 4.74 Å². The first kappa shape index (κ1) is 15.4. The Labute approximate surface area is 145 Å². The Hall–Kier alpha value is -2.18. The molecule has 6 heteroatoms. The summed E-state index contributed by atoms with van der Waals surface area (Å²) < 4.78 is 8.07. The van der Waals surface area contributed by atoms with Crippen LogP contribution >= 0.6 is 11.3 Å². The van der Waals surface area contributed by atoms with Gasteiger partial charge in [0, 0.05) is 49.4 Å². The molecule has 0 fully saturated rings. The highest BCUT2D eigenvalue weighted by atomic mass is 32.1. The Balaban J connectivity index is 1.46. The lowest BCUT2D eigenvalue weighted by atomic mass is 10.1. The Morgan fingerprint density at radius 3 is 3.00 bits per heavy atom. The molecular weight excluding hydrogens is 320 g/mol. The van der Waals surface area contributed by atoms with Crippen molar-refractivity contribution in [1.82, 2.24) is 19.7 Å². The Morgan fingerprint density at radius 1 is 1.17 bits per heavy atom. The van der Waals surface area contributed by atoms with Crippen molar-refractivity contribution < 1.29 is 4.74 Å². The molecule has 1 aliphatic heterocycles. The highest BCUT2D eigenvalue weighted by Gasteiger charge is 2.23. The maximum Gasteiger partial charge on any atom is 0.137 e. The zero-order chi connectivity index (χ0) is 16.2. The summed E-state index contributed by atoms with van der Waals surface area (Å²) in [4.78, 5) is 8.00. The number of fused-ring (bicyclic) bond motifs is 1. The molecular formula is C18H20N4OS. The lowest BCUT2D eigenvalue weighted by Gasteiger charge is -2.23. The second-order valence-corrected chi connectivity index (χ2v) is 7.15. The van der Waals surface area contributed by atoms with Crippen molar-refractivity contribution in [3.8, 4) is 5.75 Å². The van der Waals surface area contributed by atoms with E-state index in [1.54, 1.807) is 12.4 Å². The molecule has 1 unspecified atom stereocenters. The molecule has 0 aromatic carbocycles. The molecule has 0 amide bonds. The minimum absolute atomic E-state index is 0.395. The smallest absolute Gasteiger partial charge is 0.137 e. The van der Waals surface area contributed by atoms with Crippen LogP contribution in [0.3, 0.4) is 0 Å². The quantitative estimate of drug-likeness (QED) is 0.716. The summed E-state index contributed by atoms with van der Waals surface area (Å²) in [6.07, 6.45) is 5.42. The summed E-state index contributed by atoms with van der Waals surface area (Å²) in [6, 6.07) is 10.3. The van der Waals surface area contributed by atoms with Crippen LogP contribution in [-0.4, -0.2) is 32.8 Å². The van der Waals surface area contributed by atoms with Crippen molar-refractivity contribution in [1.29, 1.82) is 0 Å². The molecule has 0 radical (unpaired) electrons. The van der Waals surface area contributed by atoms with Gasteiger partial charge in [-0.25, -0.2) is 0 Å². The Morgan fingerprint density at radius 2 is 2.17 bits per heavy atom. The fourth-order valence-corrected chi connectivity index (χ4v) is 3.86. The second-order valence-electron chi connectivity index (χ2n) is 6.12. The minimum atomic E-state index is 0.395. The molecule has 0 spiro atoms. The zero-order valence-electron chi connectivity index (χ0n) is 13.4. The average Bonchev–Trinajstić information content (AvgIpc) is 3.23. The third-order valence-corrected chi connectivity index (χ3v) is 5.08. The number of pyridine rings is 1. The van der Waals surface area contributed by atoms with E-state index in [9.17, 15) is 0 Å². The SMILES string of the molecule is c1cncc(OCC2CN(Cc3cccs3)Cc3ccnn3C2)c1. The van der Waals surface area contributed by atoms with Gasteiger partial charge in [-0.15, -0.1) is 11.3 Å². The second kappa shape index (κ2) is 7.15. The lowest BCUT2D eigenvalue weighted by Crippen LogP contribution is -2.30. The van der Waals surface area contributed by atoms with Crippen LogP contribution in [0.2, 0.25) is 0 Å². The summed E-state index contributed by atoms with van der Waals surface area (Å²) in [5.41, 5.74) is 1.27. The molecule has 1 atom stereocenters. The molecule has 0 bridgehead atoms. The molecule has 0 saturated carbocycles. The first-order valence-electron chi connectivity index (χ1n) is 8.15. The monoisotopic (exact) mass is 340 g/mol. The van der Waals surface area contributed by atoms with Gasteiger partial charge < -0.3 is 4.74 Å². The molecule has 124 valence electrons. The van der Waals surface area contributed by atoms with Crippen LogP contribution in [0.25, 0.3) is 0 Å². The van der Waals surface area contributed by atoms with Crippen molar-refractivity contribution in [2.75, 3.05) is 13.2 Å². The molecule has 4 heterocycles. The predicted octanol–water partition coefficient (Wildman–Crippen LogP) is 3.05. The van der Waals surface area contributed by atoms with Gasteiger partial charge in [0.15, 0.2) is 0 Å². The van der Waals surface area contributed by atoms with Gasteiger partial charge in [0.05, 0.1) is 18.5 Å². The zero-order valence-corrected chi connectivity index (χ0v) is 14.2. The van der Waals surface area contributed by atoms with Gasteiger partial charge in [0.25, 0.3) is 0 Å². The van der Waals surface area contributed by atoms with Crippen LogP contribution in [0.5, 0.6) is 5.75 Å². The molecule has 1 aliphatic rings. The summed E-state index contributed by atoms with van der Waals surface area (Å²) in [6.45, 7) is 4.48. The number of hydrogen-bond acceptors (Lipinski definition) is 5. The number of hydrogen-bond donors (Lipinski definition) is 0. The molecule has 0 N–H and O–H groups in total. The number of thiophene rings is 1. The van der Waals surface area contributed by atoms with Crippen LogP contribution in [0.15, 0.2) is 54.3 Å². The summed E-state index contributed by atoms with van der Waals surface area (Å²) in [5, 5.41) is 6.62. The molecule has 0 saturated heterocycles. The van der Waals surface area contributed by atoms with Gasteiger partial charge >= 0.3 is 0 Å². The molecule has 24 heavy (non-hydrogen) atoms. The normalized spacial score (nSPS) is 18.1. The van der Waals surface area contributed by atoms with E-state index in [2.05, 4.69) is 43.2 Å². The van der Waals surface area contributed by atoms with Crippen molar-refractivity contribution >= 4 is 11.3 Å². The third-order valence-electron chi connectivity index (χ3n) is 4.22. The highest BCUT2D eigenvalue weighted by Crippen LogP contribution is 2.21. The van der Waals surface area contributed by atoms with E-state index < -0.39 is 0 Å². The number of nitrogens with zero attached hydrogens (tertiary/aromatic N) is 4. The van der Waals surface area contributed by atoms with Gasteiger partial charge in [-0.2, -0.15) is 5.10 Å². The lowest BCUT2D eigenvalue weighted by molar-refractivity contribution is 0.167. The van der Waals surface area contributed by atoms with Crippen LogP contribution in [0.1, 0.15) is 10.6 Å². The van der Waals surface area contributed by atoms with E-state index in [1.807, 2.05) is 29.7 Å². The third kappa shape index (κ3) is 3.66. The van der Waals surface area contributed by atoms with Crippen molar-refractivity contribution in [2.24, 2.45) is 5.92 Å². The minimum Gasteiger partial charge on any atom is -0.492 e. The van der Waals surface area contributed by atoms with Gasteiger partial charge in [-0.3, -0.25) is 14.6 Å². The number of rotatable bonds is 5. The maximum absolute atomic E-state index is 5.95. The first-order valence-corrected chi connectivity index (χ1v) is 9.03. The molecule has 4 rings (SSSR count).